The SMILES string of the molecule is CNc1ccccc1Cc1ccccc1C(=O)c1cn(C)c2ccccc12. The van der Waals surface area contributed by atoms with E-state index in [-0.39, 0.29) is 5.78 Å². The molecule has 1 N–H and O–H groups in total. The number of nitrogens with zero attached hydrogens (tertiary/aromatic N) is 1. The minimum absolute atomic E-state index is 0.0735. The molecule has 0 radical (unpaired) electrons. The molecular weight excluding hydrogens is 332 g/mol. The Morgan fingerprint density at radius 3 is 2.33 bits per heavy atom. The van der Waals surface area contributed by atoms with E-state index in [4.69, 9.17) is 0 Å². The zero-order valence-corrected chi connectivity index (χ0v) is 15.6. The van der Waals surface area contributed by atoms with E-state index in [1.165, 1.54) is 5.56 Å². The van der Waals surface area contributed by atoms with E-state index in [2.05, 4.69) is 17.4 Å². The van der Waals surface area contributed by atoms with Crippen LogP contribution in [-0.2, 0) is 13.5 Å². The lowest BCUT2D eigenvalue weighted by atomic mass is 9.93. The Labute approximate surface area is 159 Å². The minimum Gasteiger partial charge on any atom is -0.388 e. The first-order valence-electron chi connectivity index (χ1n) is 9.11. The highest BCUT2D eigenvalue weighted by Crippen LogP contribution is 2.26. The molecule has 0 unspecified atom stereocenters. The quantitative estimate of drug-likeness (QED) is 0.509. The topological polar surface area (TPSA) is 34.0 Å². The van der Waals surface area contributed by atoms with E-state index >= 15 is 0 Å². The van der Waals surface area contributed by atoms with Crippen molar-refractivity contribution in [2.75, 3.05) is 12.4 Å². The van der Waals surface area contributed by atoms with Gasteiger partial charge in [0.05, 0.1) is 0 Å². The number of hydrogen-bond donors (Lipinski definition) is 1. The van der Waals surface area contributed by atoms with Crippen LogP contribution in [0.5, 0.6) is 0 Å². The van der Waals surface area contributed by atoms with E-state index in [0.717, 1.165) is 33.3 Å². The second-order valence-electron chi connectivity index (χ2n) is 6.74. The maximum Gasteiger partial charge on any atom is 0.195 e. The number of fused-ring (bicyclic) bond motifs is 1. The number of ketones is 1. The average molecular weight is 354 g/mol. The number of rotatable bonds is 5. The summed E-state index contributed by atoms with van der Waals surface area (Å²) in [6.45, 7) is 0. The van der Waals surface area contributed by atoms with Crippen LogP contribution in [0.3, 0.4) is 0 Å². The second-order valence-corrected chi connectivity index (χ2v) is 6.74. The largest absolute Gasteiger partial charge is 0.388 e. The highest BCUT2D eigenvalue weighted by Gasteiger charge is 2.18. The van der Waals surface area contributed by atoms with Crippen LogP contribution in [0.1, 0.15) is 27.0 Å². The Bertz CT molecular complexity index is 1120. The number of aromatic nitrogens is 1. The Morgan fingerprint density at radius 2 is 1.52 bits per heavy atom. The van der Waals surface area contributed by atoms with Crippen molar-refractivity contribution in [3.8, 4) is 0 Å². The van der Waals surface area contributed by atoms with Gasteiger partial charge in [-0.3, -0.25) is 4.79 Å². The molecule has 0 spiro atoms. The number of carbonyl (C=O) groups is 1. The first kappa shape index (κ1) is 17.1. The summed E-state index contributed by atoms with van der Waals surface area (Å²) in [6.07, 6.45) is 2.65. The van der Waals surface area contributed by atoms with Crippen molar-refractivity contribution < 1.29 is 4.79 Å². The lowest BCUT2D eigenvalue weighted by molar-refractivity contribution is 0.103. The van der Waals surface area contributed by atoms with E-state index in [1.807, 2.05) is 85.5 Å². The van der Waals surface area contributed by atoms with E-state index in [9.17, 15) is 4.79 Å². The van der Waals surface area contributed by atoms with Gasteiger partial charge in [-0.1, -0.05) is 60.7 Å². The van der Waals surface area contributed by atoms with Crippen molar-refractivity contribution >= 4 is 22.4 Å². The molecule has 0 aliphatic heterocycles. The predicted molar refractivity (Wildman–Crippen MR) is 112 cm³/mol. The summed E-state index contributed by atoms with van der Waals surface area (Å²) in [5.74, 6) is 0.0735. The number of anilines is 1. The van der Waals surface area contributed by atoms with Gasteiger partial charge in [-0.2, -0.15) is 0 Å². The molecule has 0 aliphatic carbocycles. The fourth-order valence-corrected chi connectivity index (χ4v) is 3.69. The zero-order valence-electron chi connectivity index (χ0n) is 15.6. The molecule has 0 amide bonds. The van der Waals surface area contributed by atoms with Crippen molar-refractivity contribution in [3.05, 3.63) is 101 Å². The number of carbonyl (C=O) groups excluding carboxylic acids is 1. The fourth-order valence-electron chi connectivity index (χ4n) is 3.69. The highest BCUT2D eigenvalue weighted by atomic mass is 16.1. The first-order chi connectivity index (χ1) is 13.2. The third kappa shape index (κ3) is 3.13. The summed E-state index contributed by atoms with van der Waals surface area (Å²) in [7, 11) is 3.90. The van der Waals surface area contributed by atoms with Crippen LogP contribution in [0, 0.1) is 0 Å². The lowest BCUT2D eigenvalue weighted by Gasteiger charge is -2.12. The normalized spacial score (nSPS) is 10.9. The Morgan fingerprint density at radius 1 is 0.852 bits per heavy atom. The monoisotopic (exact) mass is 354 g/mol. The van der Waals surface area contributed by atoms with Crippen LogP contribution in [-0.4, -0.2) is 17.4 Å². The molecule has 0 saturated carbocycles. The van der Waals surface area contributed by atoms with Crippen molar-refractivity contribution in [1.29, 1.82) is 0 Å². The van der Waals surface area contributed by atoms with Crippen molar-refractivity contribution in [3.63, 3.8) is 0 Å². The van der Waals surface area contributed by atoms with Gasteiger partial charge < -0.3 is 9.88 Å². The molecule has 4 rings (SSSR count). The number of benzene rings is 3. The lowest BCUT2D eigenvalue weighted by Crippen LogP contribution is -2.06. The zero-order chi connectivity index (χ0) is 18.8. The molecular formula is C24H22N2O. The number of aryl methyl sites for hydroxylation is 1. The first-order valence-corrected chi connectivity index (χ1v) is 9.11. The molecule has 0 saturated heterocycles. The Hall–Kier alpha value is -3.33. The van der Waals surface area contributed by atoms with Gasteiger partial charge in [-0.05, 0) is 23.3 Å². The maximum atomic E-state index is 13.4. The maximum absolute atomic E-state index is 13.4. The minimum atomic E-state index is 0.0735. The summed E-state index contributed by atoms with van der Waals surface area (Å²) in [6, 6.07) is 24.2. The third-order valence-corrected chi connectivity index (χ3v) is 5.07. The van der Waals surface area contributed by atoms with Gasteiger partial charge in [-0.25, -0.2) is 0 Å². The van der Waals surface area contributed by atoms with E-state index < -0.39 is 0 Å². The molecule has 1 aromatic heterocycles. The van der Waals surface area contributed by atoms with Crippen molar-refractivity contribution in [1.82, 2.24) is 4.57 Å². The van der Waals surface area contributed by atoms with Gasteiger partial charge >= 0.3 is 0 Å². The molecule has 0 atom stereocenters. The Balaban J connectivity index is 1.77. The summed E-state index contributed by atoms with van der Waals surface area (Å²) in [4.78, 5) is 13.4. The molecule has 1 heterocycles. The molecule has 3 heteroatoms. The van der Waals surface area contributed by atoms with Crippen LogP contribution >= 0.6 is 0 Å². The molecule has 3 nitrogen and oxygen atoms in total. The molecule has 0 aliphatic rings. The van der Waals surface area contributed by atoms with Gasteiger partial charge in [0.15, 0.2) is 5.78 Å². The van der Waals surface area contributed by atoms with Gasteiger partial charge in [0.2, 0.25) is 0 Å². The van der Waals surface area contributed by atoms with Crippen LogP contribution in [0.4, 0.5) is 5.69 Å². The molecule has 0 bridgehead atoms. The van der Waals surface area contributed by atoms with Gasteiger partial charge in [-0.15, -0.1) is 0 Å². The van der Waals surface area contributed by atoms with Crippen LogP contribution in [0.15, 0.2) is 79.0 Å². The fraction of sp³-hybridized carbons (Fsp3) is 0.125. The van der Waals surface area contributed by atoms with E-state index in [0.29, 0.717) is 6.42 Å². The van der Waals surface area contributed by atoms with E-state index in [1.54, 1.807) is 0 Å². The van der Waals surface area contributed by atoms with Crippen molar-refractivity contribution in [2.45, 2.75) is 6.42 Å². The summed E-state index contributed by atoms with van der Waals surface area (Å²) in [5.41, 5.74) is 5.89. The predicted octanol–water partition coefficient (Wildman–Crippen LogP) is 5.04. The average Bonchev–Trinajstić information content (AvgIpc) is 3.05. The standard InChI is InChI=1S/C24H22N2O/c1-25-22-13-7-4-10-18(22)15-17-9-3-5-11-19(17)24(27)21-16-26(2)23-14-8-6-12-20(21)23/h3-14,16,25H,15H2,1-2H3. The number of para-hydroxylation sites is 2. The van der Waals surface area contributed by atoms with Crippen LogP contribution in [0.2, 0.25) is 0 Å². The summed E-state index contributed by atoms with van der Waals surface area (Å²) in [5, 5.41) is 4.23. The van der Waals surface area contributed by atoms with Gasteiger partial charge in [0.1, 0.15) is 0 Å². The molecule has 134 valence electrons. The third-order valence-electron chi connectivity index (χ3n) is 5.07. The highest BCUT2D eigenvalue weighted by molar-refractivity contribution is 6.17. The Kier molecular flexibility index (Phi) is 4.51. The molecule has 3 aromatic carbocycles. The van der Waals surface area contributed by atoms with Gasteiger partial charge in [0, 0.05) is 54.4 Å². The van der Waals surface area contributed by atoms with Crippen molar-refractivity contribution in [2.24, 2.45) is 7.05 Å². The second kappa shape index (κ2) is 7.12. The summed E-state index contributed by atoms with van der Waals surface area (Å²) < 4.78 is 2.02. The molecule has 4 aromatic rings. The molecule has 0 fully saturated rings. The molecule has 27 heavy (non-hydrogen) atoms. The van der Waals surface area contributed by atoms with Gasteiger partial charge in [0.25, 0.3) is 0 Å². The van der Waals surface area contributed by atoms with Crippen LogP contribution in [0.25, 0.3) is 10.9 Å². The summed E-state index contributed by atoms with van der Waals surface area (Å²) >= 11 is 0. The smallest absolute Gasteiger partial charge is 0.195 e. The number of nitrogens with one attached hydrogen (secondary N) is 1. The van der Waals surface area contributed by atoms with Crippen LogP contribution < -0.4 is 5.32 Å². The number of hydrogen-bond acceptors (Lipinski definition) is 2.